The standard InChI is InChI=1S/C16H19N7O2/c1-20-14(9-15(24)21(2)16(20)25)22-7-4-11(10-22)18-12-5-8-23-13(19-12)3-6-17-23/h3,5-6,8-9,11H,4,7,10H2,1-2H3,(H,18,19)/t11-/m1/s1. The van der Waals surface area contributed by atoms with Crippen LogP contribution in [0.4, 0.5) is 11.6 Å². The maximum absolute atomic E-state index is 12.1. The first-order valence-corrected chi connectivity index (χ1v) is 8.12. The Morgan fingerprint density at radius 2 is 2.04 bits per heavy atom. The molecular weight excluding hydrogens is 322 g/mol. The van der Waals surface area contributed by atoms with Crippen molar-refractivity contribution in [3.05, 3.63) is 51.4 Å². The fourth-order valence-corrected chi connectivity index (χ4v) is 3.21. The van der Waals surface area contributed by atoms with E-state index in [-0.39, 0.29) is 17.3 Å². The molecule has 9 heteroatoms. The highest BCUT2D eigenvalue weighted by atomic mass is 16.2. The van der Waals surface area contributed by atoms with Crippen molar-refractivity contribution in [2.75, 3.05) is 23.3 Å². The summed E-state index contributed by atoms with van der Waals surface area (Å²) in [5.74, 6) is 1.44. The predicted molar refractivity (Wildman–Crippen MR) is 94.2 cm³/mol. The molecule has 0 unspecified atom stereocenters. The van der Waals surface area contributed by atoms with Crippen LogP contribution in [-0.2, 0) is 14.1 Å². The Labute approximate surface area is 143 Å². The van der Waals surface area contributed by atoms with Gasteiger partial charge in [-0.15, -0.1) is 0 Å². The number of hydrogen-bond donors (Lipinski definition) is 1. The van der Waals surface area contributed by atoms with Crippen LogP contribution >= 0.6 is 0 Å². The van der Waals surface area contributed by atoms with Crippen LogP contribution in [0.5, 0.6) is 0 Å². The van der Waals surface area contributed by atoms with Crippen LogP contribution in [0.1, 0.15) is 6.42 Å². The average molecular weight is 341 g/mol. The van der Waals surface area contributed by atoms with Gasteiger partial charge in [0.1, 0.15) is 11.6 Å². The van der Waals surface area contributed by atoms with E-state index in [0.717, 1.165) is 29.0 Å². The van der Waals surface area contributed by atoms with E-state index in [1.165, 1.54) is 17.7 Å². The lowest BCUT2D eigenvalue weighted by molar-refractivity contribution is 0.672. The second-order valence-corrected chi connectivity index (χ2v) is 6.26. The fourth-order valence-electron chi connectivity index (χ4n) is 3.21. The maximum Gasteiger partial charge on any atom is 0.332 e. The number of fused-ring (bicyclic) bond motifs is 1. The summed E-state index contributed by atoms with van der Waals surface area (Å²) in [4.78, 5) is 30.6. The number of nitrogens with one attached hydrogen (secondary N) is 1. The van der Waals surface area contributed by atoms with E-state index in [4.69, 9.17) is 0 Å². The van der Waals surface area contributed by atoms with Crippen molar-refractivity contribution in [2.24, 2.45) is 14.1 Å². The molecule has 130 valence electrons. The molecule has 0 saturated carbocycles. The Morgan fingerprint density at radius 1 is 1.20 bits per heavy atom. The van der Waals surface area contributed by atoms with Gasteiger partial charge in [0.2, 0.25) is 0 Å². The molecule has 0 aromatic carbocycles. The van der Waals surface area contributed by atoms with Crippen LogP contribution in [-0.4, -0.2) is 42.9 Å². The molecule has 0 radical (unpaired) electrons. The van der Waals surface area contributed by atoms with Crippen LogP contribution in [0.25, 0.3) is 5.65 Å². The highest BCUT2D eigenvalue weighted by Crippen LogP contribution is 2.20. The molecule has 0 aliphatic carbocycles. The van der Waals surface area contributed by atoms with Crippen molar-refractivity contribution in [2.45, 2.75) is 12.5 Å². The number of nitrogens with zero attached hydrogens (tertiary/aromatic N) is 6. The molecule has 1 aliphatic heterocycles. The Morgan fingerprint density at radius 3 is 2.88 bits per heavy atom. The molecule has 1 aliphatic rings. The first-order chi connectivity index (χ1) is 12.0. The van der Waals surface area contributed by atoms with Crippen LogP contribution in [0.15, 0.2) is 40.2 Å². The number of hydrogen-bond acceptors (Lipinski definition) is 6. The van der Waals surface area contributed by atoms with Crippen molar-refractivity contribution in [3.8, 4) is 0 Å². The van der Waals surface area contributed by atoms with Crippen molar-refractivity contribution in [1.29, 1.82) is 0 Å². The lowest BCUT2D eigenvalue weighted by Gasteiger charge is -2.21. The minimum Gasteiger partial charge on any atom is -0.365 e. The smallest absolute Gasteiger partial charge is 0.332 e. The Balaban J connectivity index is 1.53. The third-order valence-corrected chi connectivity index (χ3v) is 4.62. The van der Waals surface area contributed by atoms with Gasteiger partial charge in [0.05, 0.1) is 6.20 Å². The quantitative estimate of drug-likeness (QED) is 0.711. The van der Waals surface area contributed by atoms with Crippen molar-refractivity contribution in [1.82, 2.24) is 23.7 Å². The third kappa shape index (κ3) is 2.67. The second kappa shape index (κ2) is 5.76. The van der Waals surface area contributed by atoms with E-state index < -0.39 is 0 Å². The van der Waals surface area contributed by atoms with Crippen molar-refractivity contribution < 1.29 is 0 Å². The SMILES string of the molecule is Cn1c(N2CC[C@@H](Nc3ccn4nccc4n3)C2)cc(=O)n(C)c1=O. The summed E-state index contributed by atoms with van der Waals surface area (Å²) in [6.07, 6.45) is 4.47. The largest absolute Gasteiger partial charge is 0.365 e. The molecule has 1 atom stereocenters. The van der Waals surface area contributed by atoms with Crippen molar-refractivity contribution >= 4 is 17.3 Å². The van der Waals surface area contributed by atoms with Crippen LogP contribution in [0.2, 0.25) is 0 Å². The lowest BCUT2D eigenvalue weighted by atomic mass is 10.2. The number of anilines is 2. The van der Waals surface area contributed by atoms with E-state index in [0.29, 0.717) is 12.4 Å². The molecular formula is C16H19N7O2. The molecule has 9 nitrogen and oxygen atoms in total. The summed E-state index contributed by atoms with van der Waals surface area (Å²) in [6, 6.07) is 5.44. The summed E-state index contributed by atoms with van der Waals surface area (Å²) in [5.41, 5.74) is 0.183. The Hall–Kier alpha value is -3.10. The molecule has 0 amide bonds. The third-order valence-electron chi connectivity index (χ3n) is 4.62. The Kier molecular flexibility index (Phi) is 3.56. The maximum atomic E-state index is 12.1. The predicted octanol–water partition coefficient (Wildman–Crippen LogP) is -0.182. The van der Waals surface area contributed by atoms with Crippen molar-refractivity contribution in [3.63, 3.8) is 0 Å². The molecule has 4 heterocycles. The number of rotatable bonds is 3. The van der Waals surface area contributed by atoms with Gasteiger partial charge in [-0.1, -0.05) is 0 Å². The van der Waals surface area contributed by atoms with Gasteiger partial charge in [-0.2, -0.15) is 5.10 Å². The monoisotopic (exact) mass is 341 g/mol. The van der Waals surface area contributed by atoms with Gasteiger partial charge in [-0.25, -0.2) is 14.3 Å². The van der Waals surface area contributed by atoms with E-state index >= 15 is 0 Å². The molecule has 3 aromatic rings. The zero-order chi connectivity index (χ0) is 17.6. The minimum atomic E-state index is -0.313. The van der Waals surface area contributed by atoms with Gasteiger partial charge in [-0.05, 0) is 12.5 Å². The number of aromatic nitrogens is 5. The zero-order valence-electron chi connectivity index (χ0n) is 14.1. The van der Waals surface area contributed by atoms with Gasteiger partial charge < -0.3 is 10.2 Å². The van der Waals surface area contributed by atoms with Gasteiger partial charge in [-0.3, -0.25) is 13.9 Å². The van der Waals surface area contributed by atoms with Gasteiger partial charge in [0.25, 0.3) is 5.56 Å². The molecule has 1 saturated heterocycles. The van der Waals surface area contributed by atoms with Gasteiger partial charge in [0, 0.05) is 51.6 Å². The van der Waals surface area contributed by atoms with Crippen LogP contribution in [0.3, 0.4) is 0 Å². The van der Waals surface area contributed by atoms with Crippen LogP contribution in [0, 0.1) is 0 Å². The van der Waals surface area contributed by atoms with Gasteiger partial charge in [0.15, 0.2) is 5.65 Å². The first kappa shape index (κ1) is 15.4. The molecule has 25 heavy (non-hydrogen) atoms. The normalized spacial score (nSPS) is 17.4. The summed E-state index contributed by atoms with van der Waals surface area (Å²) in [5, 5.41) is 7.55. The first-order valence-electron chi connectivity index (χ1n) is 8.12. The van der Waals surface area contributed by atoms with E-state index in [2.05, 4.69) is 20.3 Å². The second-order valence-electron chi connectivity index (χ2n) is 6.26. The fraction of sp³-hybridized carbons (Fsp3) is 0.375. The van der Waals surface area contributed by atoms with Crippen LogP contribution < -0.4 is 21.5 Å². The molecule has 1 N–H and O–H groups in total. The molecule has 0 bridgehead atoms. The topological polar surface area (TPSA) is 89.5 Å². The minimum absolute atomic E-state index is 0.192. The zero-order valence-corrected chi connectivity index (χ0v) is 14.1. The van der Waals surface area contributed by atoms with Gasteiger partial charge >= 0.3 is 5.69 Å². The summed E-state index contributed by atoms with van der Waals surface area (Å²) < 4.78 is 4.34. The lowest BCUT2D eigenvalue weighted by Crippen LogP contribution is -2.40. The van der Waals surface area contributed by atoms with E-state index in [1.54, 1.807) is 17.8 Å². The molecule has 1 fully saturated rings. The molecule has 0 spiro atoms. The molecule has 4 rings (SSSR count). The molecule has 3 aromatic heterocycles. The average Bonchev–Trinajstić information content (AvgIpc) is 3.25. The highest BCUT2D eigenvalue weighted by molar-refractivity contribution is 5.47. The highest BCUT2D eigenvalue weighted by Gasteiger charge is 2.25. The van der Waals surface area contributed by atoms with E-state index in [1.807, 2.05) is 18.3 Å². The van der Waals surface area contributed by atoms with E-state index in [9.17, 15) is 9.59 Å². The summed E-state index contributed by atoms with van der Waals surface area (Å²) in [7, 11) is 3.17. The Bertz CT molecular complexity index is 1050. The summed E-state index contributed by atoms with van der Waals surface area (Å²) in [6.45, 7) is 1.47. The summed E-state index contributed by atoms with van der Waals surface area (Å²) >= 11 is 0.